The molecule has 37 heavy (non-hydrogen) atoms. The zero-order chi connectivity index (χ0) is 27.2. The molecule has 1 unspecified atom stereocenters. The Kier molecular flexibility index (Phi) is 9.05. The highest BCUT2D eigenvalue weighted by molar-refractivity contribution is 7.89. The van der Waals surface area contributed by atoms with Gasteiger partial charge in [-0.3, -0.25) is 14.9 Å². The van der Waals surface area contributed by atoms with E-state index in [1.165, 1.54) is 55.8 Å². The number of ether oxygens (including phenoxy) is 3. The molecule has 1 amide bonds. The molecule has 0 spiro atoms. The Morgan fingerprint density at radius 3 is 2.22 bits per heavy atom. The van der Waals surface area contributed by atoms with Gasteiger partial charge >= 0.3 is 5.97 Å². The fourth-order valence-corrected chi connectivity index (χ4v) is 5.55. The molecule has 1 heterocycles. The van der Waals surface area contributed by atoms with Crippen LogP contribution in [0.25, 0.3) is 0 Å². The number of nitrogens with one attached hydrogen (secondary N) is 1. The van der Waals surface area contributed by atoms with Crippen molar-refractivity contribution in [2.45, 2.75) is 43.6 Å². The number of non-ortho nitro benzene ring substituents is 1. The Balaban J connectivity index is 1.79. The van der Waals surface area contributed by atoms with Crippen molar-refractivity contribution in [1.82, 2.24) is 4.31 Å². The van der Waals surface area contributed by atoms with Crippen molar-refractivity contribution in [1.29, 1.82) is 0 Å². The molecule has 2 aromatic rings. The quantitative estimate of drug-likeness (QED) is 0.289. The molecule has 1 saturated heterocycles. The number of nitro benzene ring substituents is 1. The lowest BCUT2D eigenvalue weighted by Gasteiger charge is -2.21. The van der Waals surface area contributed by atoms with E-state index in [-0.39, 0.29) is 33.3 Å². The molecule has 1 fully saturated rings. The third kappa shape index (κ3) is 6.54. The zero-order valence-electron chi connectivity index (χ0n) is 20.8. The molecule has 0 aromatic heterocycles. The van der Waals surface area contributed by atoms with Crippen molar-refractivity contribution in [2.75, 3.05) is 32.6 Å². The highest BCUT2D eigenvalue weighted by atomic mass is 32.2. The van der Waals surface area contributed by atoms with Crippen LogP contribution in [0.5, 0.6) is 11.5 Å². The molecule has 1 N–H and O–H groups in total. The van der Waals surface area contributed by atoms with E-state index in [9.17, 15) is 28.1 Å². The van der Waals surface area contributed by atoms with Gasteiger partial charge in [0.05, 0.1) is 30.4 Å². The van der Waals surface area contributed by atoms with Crippen LogP contribution in [0.2, 0.25) is 0 Å². The summed E-state index contributed by atoms with van der Waals surface area (Å²) in [5.41, 5.74) is -0.321. The number of hydrogen-bond acceptors (Lipinski definition) is 9. The summed E-state index contributed by atoms with van der Waals surface area (Å²) in [6.07, 6.45) is 2.05. The molecule has 3 rings (SSSR count). The summed E-state index contributed by atoms with van der Waals surface area (Å²) in [5.74, 6) is -1.43. The lowest BCUT2D eigenvalue weighted by Crippen LogP contribution is -2.32. The standard InChI is InChI=1S/C24H29N3O9S/c1-16(23(28)25-19-15-18(27(30)31)9-11-20(19)34-2)36-24(29)17-8-10-21(35-3)22(14-17)37(32,33)26-12-6-4-5-7-13-26/h8-11,14-16H,4-7,12-13H2,1-3H3,(H,25,28). The summed E-state index contributed by atoms with van der Waals surface area (Å²) in [5, 5.41) is 13.5. The minimum absolute atomic E-state index is 0.0277. The Morgan fingerprint density at radius 2 is 1.62 bits per heavy atom. The van der Waals surface area contributed by atoms with Gasteiger partial charge in [0.15, 0.2) is 6.10 Å². The van der Waals surface area contributed by atoms with Crippen molar-refractivity contribution in [3.63, 3.8) is 0 Å². The van der Waals surface area contributed by atoms with Gasteiger partial charge in [0.25, 0.3) is 11.6 Å². The lowest BCUT2D eigenvalue weighted by molar-refractivity contribution is -0.384. The lowest BCUT2D eigenvalue weighted by atomic mass is 10.2. The third-order valence-electron chi connectivity index (χ3n) is 5.89. The monoisotopic (exact) mass is 535 g/mol. The molecular weight excluding hydrogens is 506 g/mol. The molecule has 0 aliphatic carbocycles. The van der Waals surface area contributed by atoms with Crippen molar-refractivity contribution in [3.8, 4) is 11.5 Å². The van der Waals surface area contributed by atoms with Gasteiger partial charge in [-0.15, -0.1) is 0 Å². The molecule has 1 atom stereocenters. The number of sulfonamides is 1. The van der Waals surface area contributed by atoms with Crippen LogP contribution in [0.4, 0.5) is 11.4 Å². The second-order valence-corrected chi connectivity index (χ2v) is 10.3. The summed E-state index contributed by atoms with van der Waals surface area (Å²) in [6, 6.07) is 7.55. The van der Waals surface area contributed by atoms with Crippen molar-refractivity contribution in [3.05, 3.63) is 52.1 Å². The van der Waals surface area contributed by atoms with Gasteiger partial charge in [0, 0.05) is 25.2 Å². The van der Waals surface area contributed by atoms with E-state index in [0.29, 0.717) is 13.1 Å². The number of esters is 1. The number of anilines is 1. The van der Waals surface area contributed by atoms with Crippen molar-refractivity contribution >= 4 is 33.3 Å². The maximum Gasteiger partial charge on any atom is 0.338 e. The minimum atomic E-state index is -3.94. The predicted octanol–water partition coefficient (Wildman–Crippen LogP) is 3.36. The number of methoxy groups -OCH3 is 2. The normalized spacial score (nSPS) is 15.2. The maximum atomic E-state index is 13.3. The molecule has 12 nitrogen and oxygen atoms in total. The van der Waals surface area contributed by atoms with Gasteiger partial charge in [-0.1, -0.05) is 12.8 Å². The van der Waals surface area contributed by atoms with Crippen LogP contribution in [0.15, 0.2) is 41.3 Å². The SMILES string of the molecule is COc1ccc([N+](=O)[O-])cc1NC(=O)C(C)OC(=O)c1ccc(OC)c(S(=O)(=O)N2CCCCCC2)c1. The first-order valence-electron chi connectivity index (χ1n) is 11.6. The smallest absolute Gasteiger partial charge is 0.338 e. The van der Waals surface area contributed by atoms with Crippen LogP contribution >= 0.6 is 0 Å². The summed E-state index contributed by atoms with van der Waals surface area (Å²) < 4.78 is 43.7. The van der Waals surface area contributed by atoms with E-state index in [2.05, 4.69) is 5.32 Å². The minimum Gasteiger partial charge on any atom is -0.495 e. The van der Waals surface area contributed by atoms with Crippen LogP contribution < -0.4 is 14.8 Å². The fraction of sp³-hybridized carbons (Fsp3) is 0.417. The molecule has 13 heteroatoms. The van der Waals surface area contributed by atoms with E-state index in [1.807, 2.05) is 0 Å². The number of rotatable bonds is 9. The molecule has 2 aromatic carbocycles. The number of carbonyl (C=O) groups excluding carboxylic acids is 2. The van der Waals surface area contributed by atoms with Crippen molar-refractivity contribution < 1.29 is 37.1 Å². The molecule has 1 aliphatic rings. The van der Waals surface area contributed by atoms with Gasteiger partial charge < -0.3 is 19.5 Å². The molecular formula is C24H29N3O9S. The number of nitro groups is 1. The Labute approximate surface area is 214 Å². The molecule has 0 bridgehead atoms. The summed E-state index contributed by atoms with van der Waals surface area (Å²) in [4.78, 5) is 35.8. The highest BCUT2D eigenvalue weighted by Gasteiger charge is 2.30. The Morgan fingerprint density at radius 1 is 1.00 bits per heavy atom. The van der Waals surface area contributed by atoms with Gasteiger partial charge in [0.2, 0.25) is 10.0 Å². The van der Waals surface area contributed by atoms with Crippen LogP contribution in [-0.4, -0.2) is 62.9 Å². The first kappa shape index (κ1) is 27.9. The van der Waals surface area contributed by atoms with Gasteiger partial charge in [-0.2, -0.15) is 4.31 Å². The number of carbonyl (C=O) groups is 2. The average molecular weight is 536 g/mol. The van der Waals surface area contributed by atoms with Gasteiger partial charge in [-0.25, -0.2) is 13.2 Å². The first-order chi connectivity index (χ1) is 17.6. The molecule has 1 aliphatic heterocycles. The van der Waals surface area contributed by atoms with E-state index >= 15 is 0 Å². The second kappa shape index (κ2) is 12.0. The van der Waals surface area contributed by atoms with Crippen molar-refractivity contribution in [2.24, 2.45) is 0 Å². The van der Waals surface area contributed by atoms with Crippen LogP contribution in [0.1, 0.15) is 43.0 Å². The van der Waals surface area contributed by atoms with Gasteiger partial charge in [0.1, 0.15) is 16.4 Å². The summed E-state index contributed by atoms with van der Waals surface area (Å²) in [6.45, 7) is 2.06. The first-order valence-corrected chi connectivity index (χ1v) is 13.0. The molecule has 200 valence electrons. The number of nitrogens with zero attached hydrogens (tertiary/aromatic N) is 2. The zero-order valence-corrected chi connectivity index (χ0v) is 21.6. The molecule has 0 radical (unpaired) electrons. The predicted molar refractivity (Wildman–Crippen MR) is 133 cm³/mol. The van der Waals surface area contributed by atoms with Crippen LogP contribution in [-0.2, 0) is 19.6 Å². The van der Waals surface area contributed by atoms with E-state index in [1.54, 1.807) is 0 Å². The Hall–Kier alpha value is -3.71. The number of amides is 1. The number of hydrogen-bond donors (Lipinski definition) is 1. The van der Waals surface area contributed by atoms with Crippen LogP contribution in [0, 0.1) is 10.1 Å². The second-order valence-electron chi connectivity index (χ2n) is 8.36. The Bertz CT molecular complexity index is 1270. The summed E-state index contributed by atoms with van der Waals surface area (Å²) in [7, 11) is -1.26. The number of benzene rings is 2. The van der Waals surface area contributed by atoms with E-state index in [0.717, 1.165) is 31.7 Å². The van der Waals surface area contributed by atoms with Crippen LogP contribution in [0.3, 0.4) is 0 Å². The largest absolute Gasteiger partial charge is 0.495 e. The third-order valence-corrected chi connectivity index (χ3v) is 7.81. The maximum absolute atomic E-state index is 13.3. The highest BCUT2D eigenvalue weighted by Crippen LogP contribution is 2.31. The summed E-state index contributed by atoms with van der Waals surface area (Å²) >= 11 is 0. The average Bonchev–Trinajstić information content (AvgIpc) is 3.18. The topological polar surface area (TPSA) is 154 Å². The van der Waals surface area contributed by atoms with Gasteiger partial charge in [-0.05, 0) is 44.0 Å². The van der Waals surface area contributed by atoms with E-state index < -0.39 is 32.9 Å². The van der Waals surface area contributed by atoms with E-state index in [4.69, 9.17) is 14.2 Å². The fourth-order valence-electron chi connectivity index (χ4n) is 3.85. The molecule has 0 saturated carbocycles.